The summed E-state index contributed by atoms with van der Waals surface area (Å²) >= 11 is 1.39. The van der Waals surface area contributed by atoms with Gasteiger partial charge in [-0.15, -0.1) is 11.8 Å². The standard InChI is InChI=1S/C22H26N2O3S/c1-16-9-10-19-17(14-16)6-5-12-24(19)22(26)18-7-3-4-8-20(18)28-15-21(25)23-11-13-27-2/h3-4,7-10,14H,5-6,11-13,15H2,1-2H3,(H,23,25). The Hall–Kier alpha value is -2.31. The zero-order valence-electron chi connectivity index (χ0n) is 16.4. The molecule has 2 aromatic carbocycles. The van der Waals surface area contributed by atoms with Crippen molar-refractivity contribution < 1.29 is 14.3 Å². The molecule has 1 aliphatic heterocycles. The first-order valence-corrected chi connectivity index (χ1v) is 10.5. The normalized spacial score (nSPS) is 13.1. The van der Waals surface area contributed by atoms with Gasteiger partial charge in [-0.25, -0.2) is 0 Å². The summed E-state index contributed by atoms with van der Waals surface area (Å²) in [6, 6.07) is 13.8. The number of nitrogens with one attached hydrogen (secondary N) is 1. The fourth-order valence-electron chi connectivity index (χ4n) is 3.34. The summed E-state index contributed by atoms with van der Waals surface area (Å²) in [5.74, 6) is 0.194. The lowest BCUT2D eigenvalue weighted by Crippen LogP contribution is -2.35. The number of nitrogens with zero attached hydrogens (tertiary/aromatic N) is 1. The zero-order valence-corrected chi connectivity index (χ0v) is 17.2. The Morgan fingerprint density at radius 2 is 2.04 bits per heavy atom. The van der Waals surface area contributed by atoms with Crippen molar-refractivity contribution in [1.29, 1.82) is 0 Å². The summed E-state index contributed by atoms with van der Waals surface area (Å²) in [5.41, 5.74) is 4.08. The molecule has 0 aliphatic carbocycles. The van der Waals surface area contributed by atoms with Crippen LogP contribution >= 0.6 is 11.8 Å². The highest BCUT2D eigenvalue weighted by Crippen LogP contribution is 2.31. The van der Waals surface area contributed by atoms with Gasteiger partial charge in [-0.1, -0.05) is 29.8 Å². The molecule has 0 fully saturated rings. The van der Waals surface area contributed by atoms with Crippen LogP contribution in [0.2, 0.25) is 0 Å². The second-order valence-corrected chi connectivity index (χ2v) is 7.84. The molecule has 0 spiro atoms. The van der Waals surface area contributed by atoms with Gasteiger partial charge in [0.1, 0.15) is 0 Å². The maximum atomic E-state index is 13.3. The highest BCUT2D eigenvalue weighted by atomic mass is 32.2. The minimum Gasteiger partial charge on any atom is -0.383 e. The largest absolute Gasteiger partial charge is 0.383 e. The van der Waals surface area contributed by atoms with Crippen LogP contribution in [-0.2, 0) is 16.0 Å². The molecule has 28 heavy (non-hydrogen) atoms. The van der Waals surface area contributed by atoms with E-state index in [4.69, 9.17) is 4.74 Å². The number of ether oxygens (including phenoxy) is 1. The molecule has 0 saturated carbocycles. The molecule has 6 heteroatoms. The first kappa shape index (κ1) is 20.4. The van der Waals surface area contributed by atoms with Gasteiger partial charge in [-0.3, -0.25) is 9.59 Å². The van der Waals surface area contributed by atoms with Crippen LogP contribution in [0.5, 0.6) is 0 Å². The molecule has 148 valence electrons. The molecule has 3 rings (SSSR count). The van der Waals surface area contributed by atoms with Crippen LogP contribution in [0.15, 0.2) is 47.4 Å². The number of carbonyl (C=O) groups excluding carboxylic acids is 2. The molecule has 5 nitrogen and oxygen atoms in total. The topological polar surface area (TPSA) is 58.6 Å². The first-order chi connectivity index (χ1) is 13.6. The first-order valence-electron chi connectivity index (χ1n) is 9.49. The van der Waals surface area contributed by atoms with Crippen molar-refractivity contribution >= 4 is 29.3 Å². The van der Waals surface area contributed by atoms with E-state index < -0.39 is 0 Å². The van der Waals surface area contributed by atoms with Gasteiger partial charge in [0.15, 0.2) is 0 Å². The molecule has 0 unspecified atom stereocenters. The molecule has 0 atom stereocenters. The van der Waals surface area contributed by atoms with Crippen LogP contribution in [0.25, 0.3) is 0 Å². The summed E-state index contributed by atoms with van der Waals surface area (Å²) in [7, 11) is 1.60. The number of rotatable bonds is 7. The third-order valence-corrected chi connectivity index (χ3v) is 5.78. The molecule has 1 N–H and O–H groups in total. The van der Waals surface area contributed by atoms with Crippen LogP contribution < -0.4 is 10.2 Å². The summed E-state index contributed by atoms with van der Waals surface area (Å²) in [4.78, 5) is 28.0. The van der Waals surface area contributed by atoms with Crippen molar-refractivity contribution in [3.63, 3.8) is 0 Å². The predicted octanol–water partition coefficient (Wildman–Crippen LogP) is 3.44. The Balaban J connectivity index is 1.74. The number of carbonyl (C=O) groups is 2. The maximum Gasteiger partial charge on any atom is 0.259 e. The van der Waals surface area contributed by atoms with E-state index in [1.165, 1.54) is 22.9 Å². The summed E-state index contributed by atoms with van der Waals surface area (Å²) in [6.45, 7) is 3.76. The number of methoxy groups -OCH3 is 1. The maximum absolute atomic E-state index is 13.3. The van der Waals surface area contributed by atoms with Gasteiger partial charge >= 0.3 is 0 Å². The molecule has 0 saturated heterocycles. The van der Waals surface area contributed by atoms with Crippen LogP contribution in [-0.4, -0.2) is 44.4 Å². The van der Waals surface area contributed by atoms with Gasteiger partial charge in [0, 0.05) is 30.8 Å². The highest BCUT2D eigenvalue weighted by Gasteiger charge is 2.25. The number of anilines is 1. The molecule has 2 aromatic rings. The van der Waals surface area contributed by atoms with Gasteiger partial charge in [0.2, 0.25) is 5.91 Å². The van der Waals surface area contributed by atoms with E-state index in [2.05, 4.69) is 24.4 Å². The summed E-state index contributed by atoms with van der Waals surface area (Å²) in [5, 5.41) is 2.80. The Bertz CT molecular complexity index is 853. The molecule has 0 aromatic heterocycles. The number of fused-ring (bicyclic) bond motifs is 1. The van der Waals surface area contributed by atoms with Crippen LogP contribution in [0.4, 0.5) is 5.69 Å². The van der Waals surface area contributed by atoms with E-state index in [1.807, 2.05) is 35.2 Å². The monoisotopic (exact) mass is 398 g/mol. The van der Waals surface area contributed by atoms with Crippen molar-refractivity contribution in [2.75, 3.05) is 37.5 Å². The molecule has 1 aliphatic rings. The van der Waals surface area contributed by atoms with Gasteiger partial charge in [-0.05, 0) is 43.5 Å². The second-order valence-electron chi connectivity index (χ2n) is 6.82. The number of aryl methyl sites for hydroxylation is 2. The van der Waals surface area contributed by atoms with Crippen molar-refractivity contribution in [1.82, 2.24) is 5.32 Å². The average molecular weight is 399 g/mol. The Kier molecular flexibility index (Phi) is 7.12. The van der Waals surface area contributed by atoms with Gasteiger partial charge in [0.05, 0.1) is 17.9 Å². The summed E-state index contributed by atoms with van der Waals surface area (Å²) < 4.78 is 4.94. The minimum absolute atomic E-state index is 0.00676. The van der Waals surface area contributed by atoms with E-state index in [0.29, 0.717) is 25.3 Å². The molecule has 0 radical (unpaired) electrons. The van der Waals surface area contributed by atoms with Crippen LogP contribution in [0.1, 0.15) is 27.9 Å². The second kappa shape index (κ2) is 9.75. The number of hydrogen-bond donors (Lipinski definition) is 1. The van der Waals surface area contributed by atoms with E-state index >= 15 is 0 Å². The number of benzene rings is 2. The third kappa shape index (κ3) is 4.94. The van der Waals surface area contributed by atoms with Gasteiger partial charge in [0.25, 0.3) is 5.91 Å². The van der Waals surface area contributed by atoms with Gasteiger partial charge < -0.3 is 15.0 Å². The molecule has 0 bridgehead atoms. The van der Waals surface area contributed by atoms with Crippen molar-refractivity contribution in [2.24, 2.45) is 0 Å². The van der Waals surface area contributed by atoms with E-state index in [9.17, 15) is 9.59 Å². The Morgan fingerprint density at radius 3 is 2.86 bits per heavy atom. The average Bonchev–Trinajstić information content (AvgIpc) is 2.71. The van der Waals surface area contributed by atoms with Crippen LogP contribution in [0, 0.1) is 6.92 Å². The lowest BCUT2D eigenvalue weighted by Gasteiger charge is -2.30. The number of thioether (sulfide) groups is 1. The molecule has 2 amide bonds. The Labute approximate surface area is 170 Å². The fraction of sp³-hybridized carbons (Fsp3) is 0.364. The lowest BCUT2D eigenvalue weighted by molar-refractivity contribution is -0.118. The number of amides is 2. The van der Waals surface area contributed by atoms with Crippen LogP contribution in [0.3, 0.4) is 0 Å². The van der Waals surface area contributed by atoms with Crippen molar-refractivity contribution in [3.8, 4) is 0 Å². The number of hydrogen-bond acceptors (Lipinski definition) is 4. The highest BCUT2D eigenvalue weighted by molar-refractivity contribution is 8.00. The SMILES string of the molecule is COCCNC(=O)CSc1ccccc1C(=O)N1CCCc2cc(C)ccc21. The van der Waals surface area contributed by atoms with E-state index in [-0.39, 0.29) is 17.6 Å². The predicted molar refractivity (Wildman–Crippen MR) is 113 cm³/mol. The van der Waals surface area contributed by atoms with E-state index in [1.54, 1.807) is 7.11 Å². The Morgan fingerprint density at radius 1 is 1.21 bits per heavy atom. The zero-order chi connectivity index (χ0) is 19.9. The smallest absolute Gasteiger partial charge is 0.259 e. The quantitative estimate of drug-likeness (QED) is 0.573. The molecular weight excluding hydrogens is 372 g/mol. The minimum atomic E-state index is -0.0666. The van der Waals surface area contributed by atoms with Crippen molar-refractivity contribution in [2.45, 2.75) is 24.7 Å². The molecular formula is C22H26N2O3S. The lowest BCUT2D eigenvalue weighted by atomic mass is 9.99. The fourth-order valence-corrected chi connectivity index (χ4v) is 4.21. The van der Waals surface area contributed by atoms with E-state index in [0.717, 1.165) is 23.4 Å². The third-order valence-electron chi connectivity index (χ3n) is 4.70. The summed E-state index contributed by atoms with van der Waals surface area (Å²) in [6.07, 6.45) is 1.96. The van der Waals surface area contributed by atoms with Crippen molar-refractivity contribution in [3.05, 3.63) is 59.2 Å². The van der Waals surface area contributed by atoms with Gasteiger partial charge in [-0.2, -0.15) is 0 Å². The molecule has 1 heterocycles.